The second kappa shape index (κ2) is 4.07. The third kappa shape index (κ3) is 1.90. The van der Waals surface area contributed by atoms with Crippen LogP contribution in [0.1, 0.15) is 12.5 Å². The summed E-state index contributed by atoms with van der Waals surface area (Å²) in [5.74, 6) is 0. The molecule has 0 aliphatic heterocycles. The van der Waals surface area contributed by atoms with Gasteiger partial charge in [-0.2, -0.15) is 0 Å². The summed E-state index contributed by atoms with van der Waals surface area (Å²) >= 11 is 0. The van der Waals surface area contributed by atoms with Gasteiger partial charge in [0, 0.05) is 30.8 Å². The molecule has 0 aliphatic rings. The van der Waals surface area contributed by atoms with E-state index >= 15 is 0 Å². The van der Waals surface area contributed by atoms with Crippen molar-refractivity contribution < 1.29 is 4.74 Å². The largest absolute Gasteiger partial charge is 0.380 e. The number of nitrogens with zero attached hydrogens (tertiary/aromatic N) is 1. The summed E-state index contributed by atoms with van der Waals surface area (Å²) in [5, 5.41) is 1.33. The van der Waals surface area contributed by atoms with Crippen molar-refractivity contribution in [1.29, 1.82) is 0 Å². The summed E-state index contributed by atoms with van der Waals surface area (Å²) in [6, 6.07) is 8.58. The molecular formula is C13H17NO. The molecule has 1 atom stereocenters. The van der Waals surface area contributed by atoms with Crippen molar-refractivity contribution in [2.24, 2.45) is 0 Å². The number of hydrogen-bond acceptors (Lipinski definition) is 1. The molecule has 0 N–H and O–H groups in total. The minimum atomic E-state index is 0.251. The number of rotatable bonds is 3. The van der Waals surface area contributed by atoms with Gasteiger partial charge >= 0.3 is 0 Å². The van der Waals surface area contributed by atoms with Gasteiger partial charge in [-0.15, -0.1) is 0 Å². The number of hydrogen-bond donors (Lipinski definition) is 0. The van der Waals surface area contributed by atoms with E-state index in [1.54, 1.807) is 7.11 Å². The number of aryl methyl sites for hydroxylation is 1. The van der Waals surface area contributed by atoms with Gasteiger partial charge in [-0.1, -0.05) is 12.1 Å². The number of methoxy groups -OCH3 is 1. The Morgan fingerprint density at radius 1 is 1.33 bits per heavy atom. The van der Waals surface area contributed by atoms with Crippen LogP contribution in [0.25, 0.3) is 10.9 Å². The fourth-order valence-corrected chi connectivity index (χ4v) is 1.89. The normalized spacial score (nSPS) is 13.3. The lowest BCUT2D eigenvalue weighted by atomic mass is 10.1. The molecular weight excluding hydrogens is 186 g/mol. The predicted octanol–water partition coefficient (Wildman–Crippen LogP) is 2.98. The fraction of sp³-hybridized carbons (Fsp3) is 0.385. The average molecular weight is 203 g/mol. The van der Waals surface area contributed by atoms with E-state index in [2.05, 4.69) is 48.9 Å². The second-order valence-electron chi connectivity index (χ2n) is 4.02. The number of ether oxygens (including phenoxy) is 1. The molecule has 2 aromatic rings. The van der Waals surface area contributed by atoms with Crippen LogP contribution in [0.5, 0.6) is 0 Å². The Labute approximate surface area is 90.5 Å². The molecule has 0 saturated heterocycles. The molecule has 0 fully saturated rings. The molecule has 2 nitrogen and oxygen atoms in total. The van der Waals surface area contributed by atoms with Crippen LogP contribution in [0.2, 0.25) is 0 Å². The van der Waals surface area contributed by atoms with Crippen LogP contribution in [0, 0.1) is 6.92 Å². The van der Waals surface area contributed by atoms with Crippen LogP contribution in [0.15, 0.2) is 30.5 Å². The van der Waals surface area contributed by atoms with E-state index in [-0.39, 0.29) is 6.10 Å². The lowest BCUT2D eigenvalue weighted by molar-refractivity contribution is 0.104. The van der Waals surface area contributed by atoms with Gasteiger partial charge in [0.15, 0.2) is 0 Å². The standard InChI is InChI=1S/C13H17NO/c1-10-5-4-6-13-12(10)7-8-14(13)9-11(2)15-3/h4-8,11H,9H2,1-3H3. The van der Waals surface area contributed by atoms with Crippen LogP contribution in [0.4, 0.5) is 0 Å². The van der Waals surface area contributed by atoms with E-state index < -0.39 is 0 Å². The Balaban J connectivity index is 2.41. The van der Waals surface area contributed by atoms with Crippen molar-refractivity contribution in [1.82, 2.24) is 4.57 Å². The van der Waals surface area contributed by atoms with E-state index in [4.69, 9.17) is 4.74 Å². The first kappa shape index (κ1) is 10.2. The van der Waals surface area contributed by atoms with Gasteiger partial charge in [-0.25, -0.2) is 0 Å². The van der Waals surface area contributed by atoms with Crippen LogP contribution < -0.4 is 0 Å². The van der Waals surface area contributed by atoms with E-state index in [1.165, 1.54) is 16.5 Å². The smallest absolute Gasteiger partial charge is 0.0722 e. The van der Waals surface area contributed by atoms with Crippen molar-refractivity contribution in [3.05, 3.63) is 36.0 Å². The zero-order valence-electron chi connectivity index (χ0n) is 9.53. The van der Waals surface area contributed by atoms with Gasteiger partial charge in [0.1, 0.15) is 0 Å². The van der Waals surface area contributed by atoms with Gasteiger partial charge in [0.05, 0.1) is 6.10 Å². The van der Waals surface area contributed by atoms with Gasteiger partial charge in [-0.3, -0.25) is 0 Å². The zero-order valence-corrected chi connectivity index (χ0v) is 9.53. The van der Waals surface area contributed by atoms with Crippen LogP contribution in [-0.4, -0.2) is 17.8 Å². The Kier molecular flexibility index (Phi) is 2.78. The highest BCUT2D eigenvalue weighted by Crippen LogP contribution is 2.19. The van der Waals surface area contributed by atoms with E-state index in [0.717, 1.165) is 6.54 Å². The molecule has 2 rings (SSSR count). The first-order valence-corrected chi connectivity index (χ1v) is 5.29. The van der Waals surface area contributed by atoms with Crippen molar-refractivity contribution >= 4 is 10.9 Å². The second-order valence-corrected chi connectivity index (χ2v) is 4.02. The van der Waals surface area contributed by atoms with Crippen molar-refractivity contribution in [3.8, 4) is 0 Å². The SMILES string of the molecule is COC(C)Cn1ccc2c(C)cccc21. The lowest BCUT2D eigenvalue weighted by Crippen LogP contribution is -2.13. The first-order chi connectivity index (χ1) is 7.22. The maximum Gasteiger partial charge on any atom is 0.0722 e. The highest BCUT2D eigenvalue weighted by molar-refractivity contribution is 5.83. The third-order valence-electron chi connectivity index (χ3n) is 2.89. The monoisotopic (exact) mass is 203 g/mol. The Morgan fingerprint density at radius 2 is 2.13 bits per heavy atom. The first-order valence-electron chi connectivity index (χ1n) is 5.29. The fourth-order valence-electron chi connectivity index (χ4n) is 1.89. The Hall–Kier alpha value is -1.28. The minimum absolute atomic E-state index is 0.251. The summed E-state index contributed by atoms with van der Waals surface area (Å²) in [6.45, 7) is 5.14. The molecule has 2 heteroatoms. The molecule has 80 valence electrons. The van der Waals surface area contributed by atoms with Gasteiger partial charge < -0.3 is 9.30 Å². The molecule has 0 saturated carbocycles. The van der Waals surface area contributed by atoms with Crippen molar-refractivity contribution in [2.75, 3.05) is 7.11 Å². The maximum atomic E-state index is 5.28. The Bertz CT molecular complexity index is 459. The van der Waals surface area contributed by atoms with E-state index in [1.807, 2.05) is 0 Å². The van der Waals surface area contributed by atoms with Crippen molar-refractivity contribution in [3.63, 3.8) is 0 Å². The van der Waals surface area contributed by atoms with Crippen LogP contribution in [-0.2, 0) is 11.3 Å². The molecule has 15 heavy (non-hydrogen) atoms. The molecule has 1 aromatic carbocycles. The topological polar surface area (TPSA) is 14.2 Å². The van der Waals surface area contributed by atoms with E-state index in [0.29, 0.717) is 0 Å². The van der Waals surface area contributed by atoms with E-state index in [9.17, 15) is 0 Å². The summed E-state index contributed by atoms with van der Waals surface area (Å²) < 4.78 is 7.53. The lowest BCUT2D eigenvalue weighted by Gasteiger charge is -2.11. The summed E-state index contributed by atoms with van der Waals surface area (Å²) in [5.41, 5.74) is 2.62. The van der Waals surface area contributed by atoms with Gasteiger partial charge in [-0.05, 0) is 31.5 Å². The molecule has 1 aromatic heterocycles. The molecule has 1 unspecified atom stereocenters. The molecule has 0 amide bonds. The maximum absolute atomic E-state index is 5.28. The number of aromatic nitrogens is 1. The average Bonchev–Trinajstić information content (AvgIpc) is 2.63. The molecule has 0 radical (unpaired) electrons. The summed E-state index contributed by atoms with van der Waals surface area (Å²) in [4.78, 5) is 0. The highest BCUT2D eigenvalue weighted by Gasteiger charge is 2.05. The third-order valence-corrected chi connectivity index (χ3v) is 2.89. The van der Waals surface area contributed by atoms with Gasteiger partial charge in [0.25, 0.3) is 0 Å². The number of fused-ring (bicyclic) bond motifs is 1. The van der Waals surface area contributed by atoms with Crippen LogP contribution in [0.3, 0.4) is 0 Å². The quantitative estimate of drug-likeness (QED) is 0.748. The zero-order chi connectivity index (χ0) is 10.8. The number of benzene rings is 1. The molecule has 0 bridgehead atoms. The highest BCUT2D eigenvalue weighted by atomic mass is 16.5. The Morgan fingerprint density at radius 3 is 2.87 bits per heavy atom. The summed E-state index contributed by atoms with van der Waals surface area (Å²) in [7, 11) is 1.75. The molecule has 0 spiro atoms. The minimum Gasteiger partial charge on any atom is -0.380 e. The van der Waals surface area contributed by atoms with Gasteiger partial charge in [0.2, 0.25) is 0 Å². The molecule has 0 aliphatic carbocycles. The molecule has 1 heterocycles. The van der Waals surface area contributed by atoms with Crippen molar-refractivity contribution in [2.45, 2.75) is 26.5 Å². The van der Waals surface area contributed by atoms with Crippen LogP contribution >= 0.6 is 0 Å². The predicted molar refractivity (Wildman–Crippen MR) is 63.1 cm³/mol. The summed E-state index contributed by atoms with van der Waals surface area (Å²) in [6.07, 6.45) is 2.38.